The van der Waals surface area contributed by atoms with Crippen LogP contribution in [0, 0.1) is 0 Å². The summed E-state index contributed by atoms with van der Waals surface area (Å²) >= 11 is 0. The molecule has 0 spiro atoms. The number of benzene rings is 10. The van der Waals surface area contributed by atoms with Crippen molar-refractivity contribution in [1.82, 2.24) is 0 Å². The number of hydrogen-bond donors (Lipinski definition) is 0. The normalized spacial score (nSPS) is 13.1. The molecule has 0 saturated heterocycles. The Hall–Kier alpha value is -7.88. The van der Waals surface area contributed by atoms with Crippen LogP contribution in [0.1, 0.15) is 25.0 Å². The molecule has 3 heteroatoms. The van der Waals surface area contributed by atoms with Crippen molar-refractivity contribution in [2.45, 2.75) is 19.3 Å². The van der Waals surface area contributed by atoms with Gasteiger partial charge in [0.15, 0.2) is 0 Å². The van der Waals surface area contributed by atoms with E-state index in [0.29, 0.717) is 0 Å². The van der Waals surface area contributed by atoms with Gasteiger partial charge in [0.2, 0.25) is 0 Å². The van der Waals surface area contributed by atoms with E-state index < -0.39 is 0 Å². The van der Waals surface area contributed by atoms with Crippen molar-refractivity contribution in [1.29, 1.82) is 0 Å². The molecule has 0 bridgehead atoms. The van der Waals surface area contributed by atoms with Gasteiger partial charge in [-0.2, -0.15) is 0 Å². The lowest BCUT2D eigenvalue weighted by Gasteiger charge is -2.28. The second kappa shape index (κ2) is 13.1. The molecule has 0 fully saturated rings. The van der Waals surface area contributed by atoms with Gasteiger partial charge in [-0.1, -0.05) is 153 Å². The van der Waals surface area contributed by atoms with Crippen molar-refractivity contribution in [3.8, 4) is 33.4 Å². The molecule has 62 heavy (non-hydrogen) atoms. The number of anilines is 3. The lowest BCUT2D eigenvalue weighted by Crippen LogP contribution is -2.16. The van der Waals surface area contributed by atoms with Crippen LogP contribution in [0.25, 0.3) is 98.8 Å². The van der Waals surface area contributed by atoms with Crippen LogP contribution in [0.5, 0.6) is 0 Å². The maximum atomic E-state index is 6.63. The Morgan fingerprint density at radius 1 is 0.355 bits per heavy atom. The molecule has 0 saturated carbocycles. The van der Waals surface area contributed by atoms with Gasteiger partial charge >= 0.3 is 0 Å². The second-order valence-electron chi connectivity index (χ2n) is 17.2. The molecule has 2 aromatic heterocycles. The topological polar surface area (TPSA) is 29.5 Å². The van der Waals surface area contributed by atoms with Crippen LogP contribution in [0.2, 0.25) is 0 Å². The highest BCUT2D eigenvalue weighted by molar-refractivity contribution is 6.20. The van der Waals surface area contributed by atoms with Crippen molar-refractivity contribution in [3.63, 3.8) is 0 Å². The molecule has 0 atom stereocenters. The summed E-state index contributed by atoms with van der Waals surface area (Å²) in [5.41, 5.74) is 16.7. The fourth-order valence-corrected chi connectivity index (χ4v) is 10.5. The van der Waals surface area contributed by atoms with E-state index in [1.54, 1.807) is 0 Å². The van der Waals surface area contributed by atoms with Crippen LogP contribution < -0.4 is 4.90 Å². The van der Waals surface area contributed by atoms with Crippen molar-refractivity contribution in [3.05, 3.63) is 211 Å². The van der Waals surface area contributed by atoms with Gasteiger partial charge in [-0.3, -0.25) is 0 Å². The zero-order chi connectivity index (χ0) is 41.1. The number of fused-ring (bicyclic) bond motifs is 13. The van der Waals surface area contributed by atoms with Crippen LogP contribution in [0.3, 0.4) is 0 Å². The minimum atomic E-state index is -0.140. The summed E-state index contributed by atoms with van der Waals surface area (Å²) in [6.45, 7) is 4.70. The van der Waals surface area contributed by atoms with Gasteiger partial charge in [0, 0.05) is 54.8 Å². The molecule has 292 valence electrons. The molecule has 0 unspecified atom stereocenters. The molecule has 1 aliphatic carbocycles. The van der Waals surface area contributed by atoms with E-state index in [0.717, 1.165) is 94.0 Å². The third-order valence-electron chi connectivity index (χ3n) is 13.5. The molecule has 0 aliphatic heterocycles. The van der Waals surface area contributed by atoms with E-state index >= 15 is 0 Å². The van der Waals surface area contributed by atoms with Crippen molar-refractivity contribution in [2.75, 3.05) is 4.90 Å². The molecule has 3 nitrogen and oxygen atoms in total. The first kappa shape index (κ1) is 34.9. The summed E-state index contributed by atoms with van der Waals surface area (Å²) in [5.74, 6) is 0. The van der Waals surface area contributed by atoms with Gasteiger partial charge in [-0.25, -0.2) is 0 Å². The number of rotatable bonds is 5. The number of hydrogen-bond acceptors (Lipinski definition) is 3. The van der Waals surface area contributed by atoms with E-state index in [4.69, 9.17) is 8.83 Å². The standard InChI is InChI=1S/C59H39NO2/c1-59(2)51-21-8-7-18-47(51)48-33-30-42(35-52(48)59)60(40-28-24-38(25-29-40)43-19-10-22-53-55(43)49-31-26-36-12-3-5-16-45(36)57(49)61-53)41-15-9-14-39(34-41)44-20-11-23-54-56(44)50-32-27-37-13-4-6-17-46(37)58(50)62-54/h3-35H,1-2H3. The third-order valence-corrected chi connectivity index (χ3v) is 13.5. The third kappa shape index (κ3) is 5.06. The molecule has 2 heterocycles. The summed E-state index contributed by atoms with van der Waals surface area (Å²) < 4.78 is 13.2. The van der Waals surface area contributed by atoms with Gasteiger partial charge < -0.3 is 13.7 Å². The Kier molecular flexibility index (Phi) is 7.36. The average Bonchev–Trinajstić information content (AvgIpc) is 3.98. The zero-order valence-electron chi connectivity index (χ0n) is 34.3. The molecule has 1 aliphatic rings. The highest BCUT2D eigenvalue weighted by Gasteiger charge is 2.36. The van der Waals surface area contributed by atoms with Crippen LogP contribution in [0.4, 0.5) is 17.1 Å². The lowest BCUT2D eigenvalue weighted by atomic mass is 9.82. The second-order valence-corrected chi connectivity index (χ2v) is 17.2. The summed E-state index contributed by atoms with van der Waals surface area (Å²) in [7, 11) is 0. The molecule has 12 aromatic rings. The molecule has 0 amide bonds. The van der Waals surface area contributed by atoms with E-state index in [-0.39, 0.29) is 5.41 Å². The minimum absolute atomic E-state index is 0.140. The number of furan rings is 2. The first-order valence-corrected chi connectivity index (χ1v) is 21.4. The van der Waals surface area contributed by atoms with Gasteiger partial charge in [-0.15, -0.1) is 0 Å². The molecular formula is C59H39NO2. The summed E-state index contributed by atoms with van der Waals surface area (Å²) in [5, 5.41) is 9.14. The summed E-state index contributed by atoms with van der Waals surface area (Å²) in [6, 6.07) is 72.5. The minimum Gasteiger partial charge on any atom is -0.455 e. The average molecular weight is 794 g/mol. The molecule has 10 aromatic carbocycles. The van der Waals surface area contributed by atoms with Crippen molar-refractivity contribution >= 4 is 82.5 Å². The van der Waals surface area contributed by atoms with Crippen LogP contribution >= 0.6 is 0 Å². The van der Waals surface area contributed by atoms with Crippen LogP contribution in [-0.2, 0) is 5.41 Å². The largest absolute Gasteiger partial charge is 0.455 e. The lowest BCUT2D eigenvalue weighted by molar-refractivity contribution is 0.660. The Morgan fingerprint density at radius 2 is 0.887 bits per heavy atom. The first-order valence-electron chi connectivity index (χ1n) is 21.4. The predicted octanol–water partition coefficient (Wildman–Crippen LogP) is 16.9. The highest BCUT2D eigenvalue weighted by Crippen LogP contribution is 2.51. The fraction of sp³-hybridized carbons (Fsp3) is 0.0508. The Labute approximate surface area is 358 Å². The Balaban J connectivity index is 0.977. The van der Waals surface area contributed by atoms with E-state index in [9.17, 15) is 0 Å². The fourth-order valence-electron chi connectivity index (χ4n) is 10.5. The van der Waals surface area contributed by atoms with Gasteiger partial charge in [0.1, 0.15) is 22.3 Å². The first-order chi connectivity index (χ1) is 30.5. The smallest absolute Gasteiger partial charge is 0.143 e. The van der Waals surface area contributed by atoms with E-state index in [1.807, 2.05) is 0 Å². The maximum Gasteiger partial charge on any atom is 0.143 e. The van der Waals surface area contributed by atoms with E-state index in [1.165, 1.54) is 33.0 Å². The van der Waals surface area contributed by atoms with Crippen LogP contribution in [0.15, 0.2) is 209 Å². The Morgan fingerprint density at radius 3 is 1.56 bits per heavy atom. The molecule has 0 N–H and O–H groups in total. The monoisotopic (exact) mass is 793 g/mol. The number of nitrogens with zero attached hydrogens (tertiary/aromatic N) is 1. The van der Waals surface area contributed by atoms with Gasteiger partial charge in [0.25, 0.3) is 0 Å². The summed E-state index contributed by atoms with van der Waals surface area (Å²) in [6.07, 6.45) is 0. The summed E-state index contributed by atoms with van der Waals surface area (Å²) in [4.78, 5) is 2.41. The molecule has 0 radical (unpaired) electrons. The molecular weight excluding hydrogens is 755 g/mol. The predicted molar refractivity (Wildman–Crippen MR) is 259 cm³/mol. The highest BCUT2D eigenvalue weighted by atomic mass is 16.3. The van der Waals surface area contributed by atoms with Gasteiger partial charge in [0.05, 0.1) is 0 Å². The van der Waals surface area contributed by atoms with Crippen molar-refractivity contribution < 1.29 is 8.83 Å². The van der Waals surface area contributed by atoms with Crippen LogP contribution in [-0.4, -0.2) is 0 Å². The van der Waals surface area contributed by atoms with Gasteiger partial charge in [-0.05, 0) is 116 Å². The zero-order valence-corrected chi connectivity index (χ0v) is 34.3. The maximum absolute atomic E-state index is 6.63. The Bertz CT molecular complexity index is 3790. The quantitative estimate of drug-likeness (QED) is 0.174. The van der Waals surface area contributed by atoms with Crippen molar-refractivity contribution in [2.24, 2.45) is 0 Å². The molecule has 13 rings (SSSR count). The SMILES string of the molecule is CC1(C)c2ccccc2-c2ccc(N(c3ccc(-c4cccc5oc6c7ccccc7ccc6c45)cc3)c3cccc(-c4cccc5oc6c7ccccc7ccc6c45)c3)cc21. The van der Waals surface area contributed by atoms with E-state index in [2.05, 4.69) is 219 Å².